The topological polar surface area (TPSA) is 55.2 Å². The zero-order chi connectivity index (χ0) is 17.7. The Labute approximate surface area is 155 Å². The maximum absolute atomic E-state index is 11.5. The maximum atomic E-state index is 11.5. The lowest BCUT2D eigenvalue weighted by Gasteiger charge is -2.38. The summed E-state index contributed by atoms with van der Waals surface area (Å²) in [7, 11) is 0. The van der Waals surface area contributed by atoms with E-state index in [0.29, 0.717) is 10.0 Å². The molecule has 1 aliphatic heterocycles. The fourth-order valence-corrected chi connectivity index (χ4v) is 4.58. The van der Waals surface area contributed by atoms with E-state index >= 15 is 0 Å². The van der Waals surface area contributed by atoms with Crippen molar-refractivity contribution in [2.45, 2.75) is 25.3 Å². The summed E-state index contributed by atoms with van der Waals surface area (Å²) in [4.78, 5) is 11.2. The molecule has 0 fully saturated rings. The second kappa shape index (κ2) is 6.04. The van der Waals surface area contributed by atoms with Crippen LogP contribution in [0.1, 0.15) is 35.1 Å². The van der Waals surface area contributed by atoms with E-state index in [0.717, 1.165) is 28.8 Å². The lowest BCUT2D eigenvalue weighted by atomic mass is 9.75. The van der Waals surface area contributed by atoms with Crippen LogP contribution in [-0.2, 0) is 0 Å². The van der Waals surface area contributed by atoms with Crippen LogP contribution in [0.5, 0.6) is 0 Å². The number of halogens is 2. The molecule has 1 heterocycles. The molecular weight excluding hydrogens is 359 g/mol. The fourth-order valence-electron chi connectivity index (χ4n) is 4.06. The van der Waals surface area contributed by atoms with Crippen molar-refractivity contribution in [3.8, 4) is 0 Å². The third-order valence-electron chi connectivity index (χ3n) is 5.20. The minimum absolute atomic E-state index is 0.00768. The van der Waals surface area contributed by atoms with E-state index in [4.69, 9.17) is 23.2 Å². The number of nitrogens with zero attached hydrogens (tertiary/aromatic N) is 1. The first kappa shape index (κ1) is 16.4. The average molecular weight is 375 g/mol. The van der Waals surface area contributed by atoms with Gasteiger partial charge in [0.15, 0.2) is 0 Å². The quantitative estimate of drug-likeness (QED) is 0.396. The Balaban J connectivity index is 1.89. The van der Waals surface area contributed by atoms with Gasteiger partial charge in [0.25, 0.3) is 5.69 Å². The molecular formula is C19H16Cl2N2O2. The summed E-state index contributed by atoms with van der Waals surface area (Å²) in [6.07, 6.45) is 5.05. The third kappa shape index (κ3) is 2.60. The summed E-state index contributed by atoms with van der Waals surface area (Å²) in [6, 6.07) is 8.90. The average Bonchev–Trinajstić information content (AvgIpc) is 3.04. The van der Waals surface area contributed by atoms with Crippen LogP contribution in [0.4, 0.5) is 11.4 Å². The number of anilines is 1. The highest BCUT2D eigenvalue weighted by Crippen LogP contribution is 2.54. The van der Waals surface area contributed by atoms with Crippen molar-refractivity contribution in [3.05, 3.63) is 79.3 Å². The number of nitro benzene ring substituents is 1. The summed E-state index contributed by atoms with van der Waals surface area (Å²) in [5.41, 5.74) is 3.77. The second-order valence-corrected chi connectivity index (χ2v) is 7.43. The molecule has 2 aliphatic rings. The Morgan fingerprint density at radius 3 is 2.76 bits per heavy atom. The number of benzene rings is 2. The van der Waals surface area contributed by atoms with Crippen molar-refractivity contribution in [2.24, 2.45) is 5.92 Å². The molecule has 25 heavy (non-hydrogen) atoms. The molecule has 2 aromatic rings. The van der Waals surface area contributed by atoms with Gasteiger partial charge in [-0.25, -0.2) is 0 Å². The first-order chi connectivity index (χ1) is 12.0. The Morgan fingerprint density at radius 2 is 2.04 bits per heavy atom. The monoisotopic (exact) mass is 374 g/mol. The van der Waals surface area contributed by atoms with Gasteiger partial charge in [-0.15, -0.1) is 0 Å². The number of nitrogens with one attached hydrogen (secondary N) is 1. The number of hydrogen-bond donors (Lipinski definition) is 1. The van der Waals surface area contributed by atoms with Gasteiger partial charge in [0.05, 0.1) is 16.5 Å². The minimum atomic E-state index is -0.293. The minimum Gasteiger partial charge on any atom is -0.377 e. The largest absolute Gasteiger partial charge is 0.377 e. The van der Waals surface area contributed by atoms with E-state index in [-0.39, 0.29) is 28.5 Å². The fraction of sp³-hybridized carbons (Fsp3) is 0.263. The van der Waals surface area contributed by atoms with E-state index in [1.54, 1.807) is 18.2 Å². The molecule has 0 saturated carbocycles. The predicted molar refractivity (Wildman–Crippen MR) is 101 cm³/mol. The van der Waals surface area contributed by atoms with E-state index in [1.807, 2.05) is 19.1 Å². The van der Waals surface area contributed by atoms with Crippen LogP contribution in [0.2, 0.25) is 10.0 Å². The number of rotatable bonds is 2. The van der Waals surface area contributed by atoms with Crippen LogP contribution in [-0.4, -0.2) is 4.92 Å². The number of fused-ring (bicyclic) bond motifs is 3. The molecule has 1 N–H and O–H groups in total. The molecule has 0 amide bonds. The Hall–Kier alpha value is -2.04. The van der Waals surface area contributed by atoms with Crippen molar-refractivity contribution in [2.75, 3.05) is 5.32 Å². The maximum Gasteiger partial charge on any atom is 0.275 e. The normalized spacial score (nSPS) is 23.7. The summed E-state index contributed by atoms with van der Waals surface area (Å²) in [5.74, 6) is 0.194. The molecule has 3 atom stereocenters. The molecule has 2 aromatic carbocycles. The van der Waals surface area contributed by atoms with Crippen molar-refractivity contribution in [1.29, 1.82) is 0 Å². The highest BCUT2D eigenvalue weighted by atomic mass is 35.5. The van der Waals surface area contributed by atoms with Crippen LogP contribution in [0.15, 0.2) is 42.5 Å². The zero-order valence-corrected chi connectivity index (χ0v) is 15.0. The highest BCUT2D eigenvalue weighted by molar-refractivity contribution is 6.35. The van der Waals surface area contributed by atoms with Gasteiger partial charge >= 0.3 is 0 Å². The van der Waals surface area contributed by atoms with Crippen LogP contribution in [0.25, 0.3) is 0 Å². The Morgan fingerprint density at radius 1 is 1.24 bits per heavy atom. The molecule has 0 spiro atoms. The second-order valence-electron chi connectivity index (χ2n) is 6.59. The van der Waals surface area contributed by atoms with Gasteiger partial charge in [-0.1, -0.05) is 47.5 Å². The molecule has 6 heteroatoms. The van der Waals surface area contributed by atoms with Gasteiger partial charge in [0.2, 0.25) is 0 Å². The molecule has 0 unspecified atom stereocenters. The summed E-state index contributed by atoms with van der Waals surface area (Å²) in [5, 5.41) is 16.3. The van der Waals surface area contributed by atoms with E-state index in [1.165, 1.54) is 0 Å². The third-order valence-corrected chi connectivity index (χ3v) is 5.76. The molecule has 4 nitrogen and oxygen atoms in total. The van der Waals surface area contributed by atoms with Crippen LogP contribution >= 0.6 is 23.2 Å². The van der Waals surface area contributed by atoms with Crippen LogP contribution in [0, 0.1) is 23.0 Å². The first-order valence-corrected chi connectivity index (χ1v) is 8.89. The molecule has 128 valence electrons. The molecule has 0 bridgehead atoms. The summed E-state index contributed by atoms with van der Waals surface area (Å²) in [6.45, 7) is 1.97. The van der Waals surface area contributed by atoms with Gasteiger partial charge in [0.1, 0.15) is 0 Å². The van der Waals surface area contributed by atoms with Gasteiger partial charge in [-0.2, -0.15) is 0 Å². The van der Waals surface area contributed by atoms with Gasteiger partial charge in [-0.05, 0) is 42.5 Å². The lowest BCUT2D eigenvalue weighted by molar-refractivity contribution is -0.385. The summed E-state index contributed by atoms with van der Waals surface area (Å²) < 4.78 is 0. The van der Waals surface area contributed by atoms with Crippen LogP contribution in [0.3, 0.4) is 0 Å². The van der Waals surface area contributed by atoms with Gasteiger partial charge in [-0.3, -0.25) is 10.1 Å². The van der Waals surface area contributed by atoms with Gasteiger partial charge in [0, 0.05) is 27.7 Å². The smallest absolute Gasteiger partial charge is 0.275 e. The van der Waals surface area contributed by atoms with E-state index < -0.39 is 0 Å². The number of hydrogen-bond acceptors (Lipinski definition) is 3. The predicted octanol–water partition coefficient (Wildman–Crippen LogP) is 6.04. The highest BCUT2D eigenvalue weighted by Gasteiger charge is 2.42. The number of nitro groups is 1. The van der Waals surface area contributed by atoms with Gasteiger partial charge < -0.3 is 5.32 Å². The van der Waals surface area contributed by atoms with E-state index in [9.17, 15) is 10.1 Å². The number of aryl methyl sites for hydroxylation is 1. The van der Waals surface area contributed by atoms with Crippen LogP contribution < -0.4 is 5.32 Å². The Kier molecular flexibility index (Phi) is 3.97. The number of allylic oxidation sites excluding steroid dienone is 2. The molecule has 0 radical (unpaired) electrons. The van der Waals surface area contributed by atoms with Crippen molar-refractivity contribution in [3.63, 3.8) is 0 Å². The standard InChI is InChI=1S/C19H16Cl2N2O2/c1-10-5-8-16(23(24)25)17-12-3-2-4-13(12)19(22-18(10)17)14-7-6-11(20)9-15(14)21/h2-3,5-9,12-13,19,22H,4H2,1H3/t12-,13-,19-/m0/s1. The molecule has 0 aromatic heterocycles. The lowest BCUT2D eigenvalue weighted by Crippen LogP contribution is -2.30. The zero-order valence-electron chi connectivity index (χ0n) is 13.5. The molecule has 0 saturated heterocycles. The van der Waals surface area contributed by atoms with Crippen molar-refractivity contribution < 1.29 is 4.92 Å². The van der Waals surface area contributed by atoms with Crippen molar-refractivity contribution >= 4 is 34.6 Å². The SMILES string of the molecule is Cc1ccc([N+](=O)[O-])c2c1N[C@H](c1ccc(Cl)cc1Cl)[C@H]1CC=C[C@H]21. The van der Waals surface area contributed by atoms with Crippen molar-refractivity contribution in [1.82, 2.24) is 0 Å². The molecule has 4 rings (SSSR count). The Bertz CT molecular complexity index is 911. The summed E-state index contributed by atoms with van der Waals surface area (Å²) >= 11 is 12.5. The first-order valence-electron chi connectivity index (χ1n) is 8.13. The molecule has 1 aliphatic carbocycles. The van der Waals surface area contributed by atoms with E-state index in [2.05, 4.69) is 17.5 Å².